The number of fused-ring (bicyclic) bond motifs is 1. The summed E-state index contributed by atoms with van der Waals surface area (Å²) in [6.07, 6.45) is 2.59. The Morgan fingerprint density at radius 2 is 2.00 bits per heavy atom. The van der Waals surface area contributed by atoms with Gasteiger partial charge in [0.05, 0.1) is 10.5 Å². The molecule has 3 nitrogen and oxygen atoms in total. The molecule has 0 radical (unpaired) electrons. The smallest absolute Gasteiger partial charge is 0.157 e. The van der Waals surface area contributed by atoms with Crippen molar-refractivity contribution in [2.24, 2.45) is 0 Å². The van der Waals surface area contributed by atoms with Crippen molar-refractivity contribution >= 4 is 9.84 Å². The first-order valence-electron chi connectivity index (χ1n) is 7.52. The molecule has 1 aliphatic rings. The van der Waals surface area contributed by atoms with Gasteiger partial charge >= 0.3 is 0 Å². The number of rotatable bonds is 5. The molecule has 4 heteroatoms. The van der Waals surface area contributed by atoms with Gasteiger partial charge in [0.1, 0.15) is 0 Å². The summed E-state index contributed by atoms with van der Waals surface area (Å²) < 4.78 is 25.3. The van der Waals surface area contributed by atoms with Gasteiger partial charge < -0.3 is 5.32 Å². The summed E-state index contributed by atoms with van der Waals surface area (Å²) in [6, 6.07) is 8.17. The second-order valence-electron chi connectivity index (χ2n) is 5.85. The van der Waals surface area contributed by atoms with Gasteiger partial charge in [0, 0.05) is 6.04 Å². The maximum atomic E-state index is 12.6. The molecule has 2 unspecified atom stereocenters. The third-order valence-electron chi connectivity index (χ3n) is 4.15. The van der Waals surface area contributed by atoms with Gasteiger partial charge in [-0.3, -0.25) is 0 Å². The Kier molecular flexibility index (Phi) is 4.86. The zero-order valence-electron chi connectivity index (χ0n) is 12.6. The van der Waals surface area contributed by atoms with E-state index in [2.05, 4.69) is 24.4 Å². The van der Waals surface area contributed by atoms with Crippen molar-refractivity contribution in [3.05, 3.63) is 35.4 Å². The monoisotopic (exact) mass is 295 g/mol. The lowest BCUT2D eigenvalue weighted by Crippen LogP contribution is -2.43. The number of nitrogens with one attached hydrogen (secondary N) is 1. The molecule has 0 heterocycles. The summed E-state index contributed by atoms with van der Waals surface area (Å²) in [4.78, 5) is 0. The summed E-state index contributed by atoms with van der Waals surface area (Å²) in [5.41, 5.74) is 2.46. The van der Waals surface area contributed by atoms with Gasteiger partial charge in [0.15, 0.2) is 9.84 Å². The van der Waals surface area contributed by atoms with E-state index in [0.29, 0.717) is 0 Å². The van der Waals surface area contributed by atoms with Gasteiger partial charge in [-0.1, -0.05) is 31.2 Å². The molecule has 1 aromatic rings. The zero-order valence-corrected chi connectivity index (χ0v) is 13.4. The fourth-order valence-electron chi connectivity index (χ4n) is 2.97. The topological polar surface area (TPSA) is 46.2 Å². The highest BCUT2D eigenvalue weighted by Crippen LogP contribution is 2.35. The maximum absolute atomic E-state index is 12.6. The fraction of sp³-hybridized carbons (Fsp3) is 0.625. The molecular weight excluding hydrogens is 270 g/mol. The van der Waals surface area contributed by atoms with Gasteiger partial charge in [-0.05, 0) is 50.8 Å². The van der Waals surface area contributed by atoms with E-state index < -0.39 is 9.84 Å². The predicted molar refractivity (Wildman–Crippen MR) is 83.6 cm³/mol. The third-order valence-corrected chi connectivity index (χ3v) is 6.82. The highest BCUT2D eigenvalue weighted by molar-refractivity contribution is 7.92. The lowest BCUT2D eigenvalue weighted by atomic mass is 9.87. The molecule has 1 aliphatic carbocycles. The first kappa shape index (κ1) is 15.5. The van der Waals surface area contributed by atoms with E-state index in [9.17, 15) is 8.42 Å². The van der Waals surface area contributed by atoms with Gasteiger partial charge in [-0.25, -0.2) is 8.42 Å². The van der Waals surface area contributed by atoms with Crippen molar-refractivity contribution in [2.75, 3.05) is 6.54 Å². The number of aryl methyl sites for hydroxylation is 1. The standard InChI is InChI=1S/C16H25NO2S/c1-4-11-17-16-14-8-6-5-7-13(14)9-10-15(16)20(18,19)12(2)3/h5-8,12,15-17H,4,9-11H2,1-3H3. The Hall–Kier alpha value is -0.870. The van der Waals surface area contributed by atoms with Crippen LogP contribution in [0.3, 0.4) is 0 Å². The van der Waals surface area contributed by atoms with Gasteiger partial charge in [-0.15, -0.1) is 0 Å². The average Bonchev–Trinajstić information content (AvgIpc) is 2.44. The zero-order chi connectivity index (χ0) is 14.8. The van der Waals surface area contributed by atoms with Crippen molar-refractivity contribution in [1.29, 1.82) is 0 Å². The quantitative estimate of drug-likeness (QED) is 0.908. The third kappa shape index (κ3) is 2.91. The van der Waals surface area contributed by atoms with E-state index in [0.717, 1.165) is 25.8 Å². The number of benzene rings is 1. The van der Waals surface area contributed by atoms with Crippen LogP contribution in [0.5, 0.6) is 0 Å². The molecule has 0 aromatic heterocycles. The number of sulfone groups is 1. The Morgan fingerprint density at radius 1 is 1.30 bits per heavy atom. The van der Waals surface area contributed by atoms with E-state index in [4.69, 9.17) is 0 Å². The van der Waals surface area contributed by atoms with E-state index in [1.54, 1.807) is 13.8 Å². The van der Waals surface area contributed by atoms with Gasteiger partial charge in [-0.2, -0.15) is 0 Å². The Bertz CT molecular complexity index is 551. The van der Waals surface area contributed by atoms with E-state index >= 15 is 0 Å². The van der Waals surface area contributed by atoms with Crippen LogP contribution in [0, 0.1) is 0 Å². The minimum atomic E-state index is -3.08. The van der Waals surface area contributed by atoms with E-state index in [1.165, 1.54) is 11.1 Å². The molecule has 112 valence electrons. The summed E-state index contributed by atoms with van der Waals surface area (Å²) in [6.45, 7) is 6.52. The summed E-state index contributed by atoms with van der Waals surface area (Å²) >= 11 is 0. The lowest BCUT2D eigenvalue weighted by Gasteiger charge is -2.35. The first-order chi connectivity index (χ1) is 9.48. The van der Waals surface area contributed by atoms with E-state index in [1.807, 2.05) is 12.1 Å². The van der Waals surface area contributed by atoms with Crippen molar-refractivity contribution in [3.63, 3.8) is 0 Å². The Balaban J connectivity index is 2.39. The van der Waals surface area contributed by atoms with Crippen molar-refractivity contribution < 1.29 is 8.42 Å². The highest BCUT2D eigenvalue weighted by Gasteiger charge is 2.39. The van der Waals surface area contributed by atoms with Crippen LogP contribution in [0.1, 0.15) is 50.8 Å². The van der Waals surface area contributed by atoms with E-state index in [-0.39, 0.29) is 16.5 Å². The SMILES string of the molecule is CCCNC1c2ccccc2CCC1S(=O)(=O)C(C)C. The van der Waals surface area contributed by atoms with Crippen LogP contribution in [-0.2, 0) is 16.3 Å². The summed E-state index contributed by atoms with van der Waals surface area (Å²) in [5, 5.41) is 2.84. The molecular formula is C16H25NO2S. The minimum absolute atomic E-state index is 0.0627. The largest absolute Gasteiger partial charge is 0.309 e. The molecule has 0 aliphatic heterocycles. The van der Waals surface area contributed by atoms with Crippen molar-refractivity contribution in [1.82, 2.24) is 5.32 Å². The summed E-state index contributed by atoms with van der Waals surface area (Å²) in [5.74, 6) is 0. The molecule has 20 heavy (non-hydrogen) atoms. The molecule has 0 fully saturated rings. The van der Waals surface area contributed by atoms with Crippen LogP contribution >= 0.6 is 0 Å². The van der Waals surface area contributed by atoms with Gasteiger partial charge in [0.25, 0.3) is 0 Å². The Labute approximate surface area is 122 Å². The first-order valence-corrected chi connectivity index (χ1v) is 9.13. The Morgan fingerprint density at radius 3 is 2.65 bits per heavy atom. The molecule has 0 spiro atoms. The average molecular weight is 295 g/mol. The van der Waals surface area contributed by atoms with Crippen LogP contribution in [0.4, 0.5) is 0 Å². The molecule has 1 N–H and O–H groups in total. The molecule has 0 saturated heterocycles. The lowest BCUT2D eigenvalue weighted by molar-refractivity contribution is 0.445. The fourth-order valence-corrected chi connectivity index (χ4v) is 4.74. The van der Waals surface area contributed by atoms with Crippen molar-refractivity contribution in [2.45, 2.75) is 56.6 Å². The predicted octanol–water partition coefficient (Wildman–Crippen LogP) is 2.87. The summed E-state index contributed by atoms with van der Waals surface area (Å²) in [7, 11) is -3.08. The van der Waals surface area contributed by atoms with Crippen LogP contribution in [0.2, 0.25) is 0 Å². The van der Waals surface area contributed by atoms with Crippen LogP contribution in [-0.4, -0.2) is 25.5 Å². The molecule has 0 saturated carbocycles. The van der Waals surface area contributed by atoms with Crippen LogP contribution < -0.4 is 5.32 Å². The second-order valence-corrected chi connectivity index (χ2v) is 8.57. The molecule has 0 amide bonds. The highest BCUT2D eigenvalue weighted by atomic mass is 32.2. The van der Waals surface area contributed by atoms with Crippen LogP contribution in [0.25, 0.3) is 0 Å². The number of hydrogen-bond donors (Lipinski definition) is 1. The molecule has 1 aromatic carbocycles. The molecule has 0 bridgehead atoms. The van der Waals surface area contributed by atoms with Gasteiger partial charge in [0.2, 0.25) is 0 Å². The number of hydrogen-bond acceptors (Lipinski definition) is 3. The van der Waals surface area contributed by atoms with Crippen LogP contribution in [0.15, 0.2) is 24.3 Å². The molecule has 2 atom stereocenters. The second kappa shape index (κ2) is 6.27. The minimum Gasteiger partial charge on any atom is -0.309 e. The molecule has 2 rings (SSSR count). The van der Waals surface area contributed by atoms with Crippen molar-refractivity contribution in [3.8, 4) is 0 Å². The maximum Gasteiger partial charge on any atom is 0.157 e. The normalized spacial score (nSPS) is 22.8.